The Morgan fingerprint density at radius 2 is 1.79 bits per heavy atom. The van der Waals surface area contributed by atoms with Gasteiger partial charge in [0.2, 0.25) is 0 Å². The van der Waals surface area contributed by atoms with Gasteiger partial charge in [-0.3, -0.25) is 4.79 Å². The van der Waals surface area contributed by atoms with Crippen LogP contribution in [0.25, 0.3) is 11.3 Å². The number of carbonyl (C=O) groups is 2. The maximum Gasteiger partial charge on any atom is 0.409 e. The van der Waals surface area contributed by atoms with Crippen molar-refractivity contribution in [2.24, 2.45) is 0 Å². The molecule has 2 heterocycles. The highest BCUT2D eigenvalue weighted by Gasteiger charge is 2.28. The molecule has 0 spiro atoms. The fourth-order valence-corrected chi connectivity index (χ4v) is 2.65. The van der Waals surface area contributed by atoms with E-state index in [4.69, 9.17) is 9.15 Å². The van der Waals surface area contributed by atoms with Crippen molar-refractivity contribution < 1.29 is 18.7 Å². The van der Waals surface area contributed by atoms with Gasteiger partial charge in [-0.25, -0.2) is 9.78 Å². The Morgan fingerprint density at radius 1 is 1.12 bits per heavy atom. The van der Waals surface area contributed by atoms with Crippen LogP contribution in [0.1, 0.15) is 17.4 Å². The molecule has 1 fully saturated rings. The Hall–Kier alpha value is -2.83. The quantitative estimate of drug-likeness (QED) is 0.863. The maximum atomic E-state index is 12.7. The van der Waals surface area contributed by atoms with Crippen LogP contribution in [0.4, 0.5) is 4.79 Å². The maximum absolute atomic E-state index is 12.7. The molecule has 0 unspecified atom stereocenters. The summed E-state index contributed by atoms with van der Waals surface area (Å²) in [6, 6.07) is 9.40. The van der Waals surface area contributed by atoms with E-state index in [-0.39, 0.29) is 12.0 Å². The fraction of sp³-hybridized carbons (Fsp3) is 0.353. The Balaban J connectivity index is 1.69. The van der Waals surface area contributed by atoms with E-state index in [1.807, 2.05) is 30.3 Å². The predicted molar refractivity (Wildman–Crippen MR) is 86.4 cm³/mol. The van der Waals surface area contributed by atoms with Crippen molar-refractivity contribution in [2.75, 3.05) is 32.8 Å². The average Bonchev–Trinajstić information content (AvgIpc) is 3.12. The van der Waals surface area contributed by atoms with Crippen molar-refractivity contribution in [3.63, 3.8) is 0 Å². The summed E-state index contributed by atoms with van der Waals surface area (Å²) in [6.45, 7) is 3.90. The van der Waals surface area contributed by atoms with E-state index in [1.165, 1.54) is 6.39 Å². The van der Waals surface area contributed by atoms with E-state index < -0.39 is 0 Å². The van der Waals surface area contributed by atoms with Crippen molar-refractivity contribution in [3.8, 4) is 11.3 Å². The lowest BCUT2D eigenvalue weighted by atomic mass is 10.1. The number of oxazole rings is 1. The van der Waals surface area contributed by atoms with Gasteiger partial charge in [0.05, 0.1) is 6.61 Å². The molecule has 0 radical (unpaired) electrons. The summed E-state index contributed by atoms with van der Waals surface area (Å²) in [4.78, 5) is 31.8. The summed E-state index contributed by atoms with van der Waals surface area (Å²) in [5.41, 5.74) is 1.11. The number of amides is 2. The fourth-order valence-electron chi connectivity index (χ4n) is 2.65. The third-order valence-electron chi connectivity index (χ3n) is 3.90. The second-order valence-electron chi connectivity index (χ2n) is 5.37. The zero-order valence-electron chi connectivity index (χ0n) is 13.5. The van der Waals surface area contributed by atoms with Crippen LogP contribution in [0.15, 0.2) is 41.1 Å². The lowest BCUT2D eigenvalue weighted by molar-refractivity contribution is 0.0566. The molecular weight excluding hydrogens is 310 g/mol. The van der Waals surface area contributed by atoms with Gasteiger partial charge >= 0.3 is 6.09 Å². The summed E-state index contributed by atoms with van der Waals surface area (Å²) in [5, 5.41) is 0. The minimum atomic E-state index is -0.337. The van der Waals surface area contributed by atoms with Crippen molar-refractivity contribution >= 4 is 12.0 Å². The smallest absolute Gasteiger partial charge is 0.409 e. The standard InChI is InChI=1S/C17H19N3O4/c1-2-23-17(22)20-10-8-19(9-11-20)16(21)14-15(24-12-18-14)13-6-4-3-5-7-13/h3-7,12H,2,8-11H2,1H3. The lowest BCUT2D eigenvalue weighted by Gasteiger charge is -2.33. The largest absolute Gasteiger partial charge is 0.450 e. The minimum Gasteiger partial charge on any atom is -0.450 e. The summed E-state index contributed by atoms with van der Waals surface area (Å²) in [7, 11) is 0. The number of rotatable bonds is 3. The van der Waals surface area contributed by atoms with Gasteiger partial charge in [-0.05, 0) is 6.92 Å². The van der Waals surface area contributed by atoms with Crippen LogP contribution >= 0.6 is 0 Å². The van der Waals surface area contributed by atoms with E-state index in [2.05, 4.69) is 4.98 Å². The zero-order chi connectivity index (χ0) is 16.9. The van der Waals surface area contributed by atoms with E-state index in [0.29, 0.717) is 44.2 Å². The van der Waals surface area contributed by atoms with Gasteiger partial charge in [0, 0.05) is 31.7 Å². The first-order valence-corrected chi connectivity index (χ1v) is 7.90. The molecule has 3 rings (SSSR count). The number of nitrogens with zero attached hydrogens (tertiary/aromatic N) is 3. The Bertz CT molecular complexity index is 706. The van der Waals surface area contributed by atoms with Gasteiger partial charge in [-0.15, -0.1) is 0 Å². The normalized spacial score (nSPS) is 14.5. The van der Waals surface area contributed by atoms with Crippen LogP contribution < -0.4 is 0 Å². The van der Waals surface area contributed by atoms with Crippen LogP contribution in [0.3, 0.4) is 0 Å². The highest BCUT2D eigenvalue weighted by atomic mass is 16.6. The first kappa shape index (κ1) is 16.0. The van der Waals surface area contributed by atoms with Crippen molar-refractivity contribution in [2.45, 2.75) is 6.92 Å². The number of aromatic nitrogens is 1. The average molecular weight is 329 g/mol. The molecule has 1 aromatic heterocycles. The SMILES string of the molecule is CCOC(=O)N1CCN(C(=O)c2ncoc2-c2ccccc2)CC1. The molecule has 24 heavy (non-hydrogen) atoms. The Morgan fingerprint density at radius 3 is 2.46 bits per heavy atom. The number of carbonyl (C=O) groups excluding carboxylic acids is 2. The van der Waals surface area contributed by atoms with E-state index >= 15 is 0 Å². The number of hydrogen-bond donors (Lipinski definition) is 0. The topological polar surface area (TPSA) is 75.9 Å². The summed E-state index contributed by atoms with van der Waals surface area (Å²) in [6.07, 6.45) is 0.945. The molecule has 1 aromatic carbocycles. The van der Waals surface area contributed by atoms with Crippen LogP contribution in [0.2, 0.25) is 0 Å². The number of hydrogen-bond acceptors (Lipinski definition) is 5. The second kappa shape index (κ2) is 7.16. The molecule has 2 aromatic rings. The molecule has 0 N–H and O–H groups in total. The molecule has 0 atom stereocenters. The molecule has 7 nitrogen and oxygen atoms in total. The monoisotopic (exact) mass is 329 g/mol. The van der Waals surface area contributed by atoms with Crippen LogP contribution in [-0.2, 0) is 4.74 Å². The molecule has 0 bridgehead atoms. The Labute approximate surface area is 139 Å². The molecule has 0 aliphatic carbocycles. The van der Waals surface area contributed by atoms with Crippen molar-refractivity contribution in [1.29, 1.82) is 0 Å². The summed E-state index contributed by atoms with van der Waals surface area (Å²) < 4.78 is 10.4. The third-order valence-corrected chi connectivity index (χ3v) is 3.90. The van der Waals surface area contributed by atoms with Crippen LogP contribution in [0, 0.1) is 0 Å². The van der Waals surface area contributed by atoms with Gasteiger partial charge in [-0.2, -0.15) is 0 Å². The van der Waals surface area contributed by atoms with Crippen LogP contribution in [0.5, 0.6) is 0 Å². The second-order valence-corrected chi connectivity index (χ2v) is 5.37. The minimum absolute atomic E-state index is 0.189. The lowest BCUT2D eigenvalue weighted by Crippen LogP contribution is -2.50. The summed E-state index contributed by atoms with van der Waals surface area (Å²) in [5.74, 6) is 0.277. The molecule has 2 amide bonds. The third kappa shape index (κ3) is 3.24. The molecule has 1 saturated heterocycles. The first-order valence-electron chi connectivity index (χ1n) is 7.90. The molecule has 126 valence electrons. The highest BCUT2D eigenvalue weighted by molar-refractivity contribution is 5.97. The highest BCUT2D eigenvalue weighted by Crippen LogP contribution is 2.24. The molecular formula is C17H19N3O4. The van der Waals surface area contributed by atoms with Crippen molar-refractivity contribution in [3.05, 3.63) is 42.4 Å². The van der Waals surface area contributed by atoms with Crippen LogP contribution in [-0.4, -0.2) is 59.6 Å². The number of piperazine rings is 1. The van der Waals surface area contributed by atoms with E-state index in [1.54, 1.807) is 16.7 Å². The molecule has 1 aliphatic heterocycles. The van der Waals surface area contributed by atoms with E-state index in [9.17, 15) is 9.59 Å². The summed E-state index contributed by atoms with van der Waals surface area (Å²) >= 11 is 0. The zero-order valence-corrected chi connectivity index (χ0v) is 13.5. The predicted octanol–water partition coefficient (Wildman–Crippen LogP) is 2.26. The Kier molecular flexibility index (Phi) is 4.79. The number of ether oxygens (including phenoxy) is 1. The van der Waals surface area contributed by atoms with Crippen molar-refractivity contribution in [1.82, 2.24) is 14.8 Å². The molecule has 1 aliphatic rings. The first-order chi connectivity index (χ1) is 11.7. The molecule has 7 heteroatoms. The van der Waals surface area contributed by atoms with Gasteiger partial charge in [0.25, 0.3) is 5.91 Å². The van der Waals surface area contributed by atoms with E-state index in [0.717, 1.165) is 5.56 Å². The number of benzene rings is 1. The molecule has 0 saturated carbocycles. The van der Waals surface area contributed by atoms with Gasteiger partial charge in [0.15, 0.2) is 17.8 Å². The van der Waals surface area contributed by atoms with Gasteiger partial charge in [-0.1, -0.05) is 30.3 Å². The van der Waals surface area contributed by atoms with Gasteiger partial charge in [0.1, 0.15) is 0 Å². The van der Waals surface area contributed by atoms with Gasteiger partial charge < -0.3 is 19.0 Å².